The smallest absolute Gasteiger partial charge is 0.339 e. The first-order valence-electron chi connectivity index (χ1n) is 7.95. The molecule has 0 fully saturated rings. The predicted molar refractivity (Wildman–Crippen MR) is 98.5 cm³/mol. The highest BCUT2D eigenvalue weighted by molar-refractivity contribution is 6.33. The molecule has 2 heterocycles. The number of nitrogens with zero attached hydrogens (tertiary/aromatic N) is 2. The van der Waals surface area contributed by atoms with Crippen LogP contribution in [0.3, 0.4) is 0 Å². The highest BCUT2D eigenvalue weighted by Gasteiger charge is 2.11. The van der Waals surface area contributed by atoms with Crippen molar-refractivity contribution in [3.8, 4) is 0 Å². The summed E-state index contributed by atoms with van der Waals surface area (Å²) in [4.78, 5) is 15.9. The molecule has 0 aliphatic rings. The van der Waals surface area contributed by atoms with E-state index in [4.69, 9.17) is 16.3 Å². The molecule has 3 aromatic rings. The molecule has 25 heavy (non-hydrogen) atoms. The Morgan fingerprint density at radius 3 is 2.80 bits per heavy atom. The summed E-state index contributed by atoms with van der Waals surface area (Å²) in [5, 5.41) is 3.52. The molecule has 0 amide bonds. The van der Waals surface area contributed by atoms with Gasteiger partial charge in [-0.25, -0.2) is 9.78 Å². The topological polar surface area (TPSA) is 56.1 Å². The van der Waals surface area contributed by atoms with Crippen molar-refractivity contribution in [2.45, 2.75) is 13.5 Å². The molecule has 0 unspecified atom stereocenters. The Hall–Kier alpha value is -2.79. The first-order chi connectivity index (χ1) is 12.2. The van der Waals surface area contributed by atoms with Gasteiger partial charge in [0.2, 0.25) is 0 Å². The van der Waals surface area contributed by atoms with Crippen LogP contribution in [0.2, 0.25) is 5.02 Å². The number of anilines is 2. The van der Waals surface area contributed by atoms with E-state index in [0.717, 1.165) is 12.2 Å². The number of carbonyl (C=O) groups excluding carboxylic acids is 1. The molecule has 2 aromatic heterocycles. The normalized spacial score (nSPS) is 10.5. The Labute approximate surface area is 151 Å². The van der Waals surface area contributed by atoms with Crippen molar-refractivity contribution in [3.05, 3.63) is 77.2 Å². The molecule has 3 rings (SSSR count). The van der Waals surface area contributed by atoms with E-state index >= 15 is 0 Å². The van der Waals surface area contributed by atoms with Crippen LogP contribution >= 0.6 is 11.6 Å². The molecule has 0 atom stereocenters. The number of hydrogen-bond donors (Lipinski definition) is 1. The van der Waals surface area contributed by atoms with Crippen molar-refractivity contribution in [2.75, 3.05) is 11.9 Å². The molecule has 0 radical (unpaired) electrons. The first-order valence-corrected chi connectivity index (χ1v) is 8.33. The molecule has 0 bridgehead atoms. The lowest BCUT2D eigenvalue weighted by Gasteiger charge is -2.07. The van der Waals surface area contributed by atoms with E-state index in [1.807, 2.05) is 36.7 Å². The van der Waals surface area contributed by atoms with E-state index < -0.39 is 5.97 Å². The maximum absolute atomic E-state index is 11.7. The molecule has 128 valence electrons. The number of benzene rings is 1. The van der Waals surface area contributed by atoms with Gasteiger partial charge in [-0.05, 0) is 24.6 Å². The average molecular weight is 356 g/mol. The number of carbonyl (C=O) groups is 1. The van der Waals surface area contributed by atoms with E-state index in [1.54, 1.807) is 13.0 Å². The van der Waals surface area contributed by atoms with Gasteiger partial charge in [0.05, 0.1) is 22.9 Å². The van der Waals surface area contributed by atoms with Gasteiger partial charge < -0.3 is 14.6 Å². The highest BCUT2D eigenvalue weighted by Crippen LogP contribution is 2.24. The number of aromatic nitrogens is 2. The Morgan fingerprint density at radius 1 is 1.28 bits per heavy atom. The number of nitrogens with one attached hydrogen (secondary N) is 1. The minimum atomic E-state index is -0.433. The van der Waals surface area contributed by atoms with Crippen LogP contribution in [0.4, 0.5) is 11.5 Å². The molecule has 0 saturated heterocycles. The van der Waals surface area contributed by atoms with Crippen molar-refractivity contribution in [1.82, 2.24) is 9.55 Å². The molecule has 0 spiro atoms. The fourth-order valence-corrected chi connectivity index (χ4v) is 2.61. The third kappa shape index (κ3) is 4.39. The summed E-state index contributed by atoms with van der Waals surface area (Å²) in [5.74, 6) is 0.0599. The molecular weight excluding hydrogens is 338 g/mol. The van der Waals surface area contributed by atoms with Crippen LogP contribution in [0.25, 0.3) is 0 Å². The number of pyridine rings is 1. The second-order valence-electron chi connectivity index (χ2n) is 5.46. The fourth-order valence-electron chi connectivity index (χ4n) is 2.40. The van der Waals surface area contributed by atoms with Gasteiger partial charge in [0, 0.05) is 25.1 Å². The monoisotopic (exact) mass is 355 g/mol. The van der Waals surface area contributed by atoms with Crippen molar-refractivity contribution < 1.29 is 9.53 Å². The van der Waals surface area contributed by atoms with Crippen molar-refractivity contribution >= 4 is 29.1 Å². The number of halogens is 1. The summed E-state index contributed by atoms with van der Waals surface area (Å²) in [6, 6.07) is 13.7. The first kappa shape index (κ1) is 17.0. The van der Waals surface area contributed by atoms with E-state index in [2.05, 4.69) is 27.0 Å². The Kier molecular flexibility index (Phi) is 5.36. The third-order valence-corrected chi connectivity index (χ3v) is 3.86. The summed E-state index contributed by atoms with van der Waals surface area (Å²) in [6.07, 6.45) is 5.41. The van der Waals surface area contributed by atoms with E-state index in [9.17, 15) is 4.79 Å². The Balaban J connectivity index is 1.69. The average Bonchev–Trinajstić information content (AvgIpc) is 3.05. The lowest BCUT2D eigenvalue weighted by atomic mass is 10.2. The molecule has 0 aliphatic carbocycles. The zero-order valence-electron chi connectivity index (χ0n) is 13.8. The van der Waals surface area contributed by atoms with Crippen molar-refractivity contribution in [3.63, 3.8) is 0 Å². The number of rotatable bonds is 6. The van der Waals surface area contributed by atoms with Crippen LogP contribution < -0.4 is 5.32 Å². The molecular formula is C19H18ClN3O2. The summed E-state index contributed by atoms with van der Waals surface area (Å²) in [6.45, 7) is 2.85. The summed E-state index contributed by atoms with van der Waals surface area (Å²) in [5.41, 5.74) is 2.42. The number of ether oxygens (including phenoxy) is 1. The maximum Gasteiger partial charge on any atom is 0.339 e. The second-order valence-corrected chi connectivity index (χ2v) is 5.87. The van der Waals surface area contributed by atoms with Gasteiger partial charge in [0.25, 0.3) is 0 Å². The maximum atomic E-state index is 11.7. The van der Waals surface area contributed by atoms with Crippen LogP contribution in [-0.2, 0) is 11.3 Å². The minimum Gasteiger partial charge on any atom is -0.462 e. The fraction of sp³-hybridized carbons (Fsp3) is 0.158. The molecule has 6 heteroatoms. The zero-order valence-corrected chi connectivity index (χ0v) is 14.5. The van der Waals surface area contributed by atoms with Gasteiger partial charge in [-0.3, -0.25) is 0 Å². The van der Waals surface area contributed by atoms with E-state index in [0.29, 0.717) is 23.0 Å². The van der Waals surface area contributed by atoms with Crippen LogP contribution in [0, 0.1) is 0 Å². The summed E-state index contributed by atoms with van der Waals surface area (Å²) < 4.78 is 7.01. The highest BCUT2D eigenvalue weighted by atomic mass is 35.5. The van der Waals surface area contributed by atoms with Crippen LogP contribution in [0.5, 0.6) is 0 Å². The Bertz CT molecular complexity index is 862. The SMILES string of the molecule is CCOC(=O)c1cnc(Nc2ccn(Cc3ccccc3)c2)c(Cl)c1. The minimum absolute atomic E-state index is 0.311. The van der Waals surface area contributed by atoms with Crippen LogP contribution in [-0.4, -0.2) is 22.1 Å². The van der Waals surface area contributed by atoms with Crippen molar-refractivity contribution in [1.29, 1.82) is 0 Å². The van der Waals surface area contributed by atoms with E-state index in [-0.39, 0.29) is 0 Å². The van der Waals surface area contributed by atoms with Gasteiger partial charge in [-0.1, -0.05) is 41.9 Å². The summed E-state index contributed by atoms with van der Waals surface area (Å²) >= 11 is 6.22. The van der Waals surface area contributed by atoms with Gasteiger partial charge >= 0.3 is 5.97 Å². The predicted octanol–water partition coefficient (Wildman–Crippen LogP) is 4.51. The number of hydrogen-bond acceptors (Lipinski definition) is 4. The molecule has 1 N–H and O–H groups in total. The standard InChI is InChI=1S/C19H18ClN3O2/c1-2-25-19(24)15-10-17(20)18(21-11-15)22-16-8-9-23(13-16)12-14-6-4-3-5-7-14/h3-11,13H,2,12H2,1H3,(H,21,22). The van der Waals surface area contributed by atoms with Crippen LogP contribution in [0.15, 0.2) is 61.1 Å². The molecule has 5 nitrogen and oxygen atoms in total. The number of esters is 1. The second kappa shape index (κ2) is 7.85. The van der Waals surface area contributed by atoms with E-state index in [1.165, 1.54) is 11.8 Å². The third-order valence-electron chi connectivity index (χ3n) is 3.57. The van der Waals surface area contributed by atoms with Gasteiger partial charge in [-0.15, -0.1) is 0 Å². The quantitative estimate of drug-likeness (QED) is 0.661. The Morgan fingerprint density at radius 2 is 2.08 bits per heavy atom. The van der Waals surface area contributed by atoms with Gasteiger partial charge in [0.1, 0.15) is 5.82 Å². The van der Waals surface area contributed by atoms with Gasteiger partial charge in [0.15, 0.2) is 0 Å². The largest absolute Gasteiger partial charge is 0.462 e. The zero-order chi connectivity index (χ0) is 17.6. The molecule has 0 saturated carbocycles. The lowest BCUT2D eigenvalue weighted by Crippen LogP contribution is -2.06. The van der Waals surface area contributed by atoms with Crippen molar-refractivity contribution in [2.24, 2.45) is 0 Å². The summed E-state index contributed by atoms with van der Waals surface area (Å²) in [7, 11) is 0. The van der Waals surface area contributed by atoms with Gasteiger partial charge in [-0.2, -0.15) is 0 Å². The molecule has 0 aliphatic heterocycles. The molecule has 1 aromatic carbocycles. The van der Waals surface area contributed by atoms with Crippen LogP contribution in [0.1, 0.15) is 22.8 Å². The lowest BCUT2D eigenvalue weighted by molar-refractivity contribution is 0.0526.